The van der Waals surface area contributed by atoms with Gasteiger partial charge in [0.25, 0.3) is 0 Å². The maximum Gasteiger partial charge on any atom is 0.319 e. The summed E-state index contributed by atoms with van der Waals surface area (Å²) in [6, 6.07) is 3.77. The molecule has 0 bridgehead atoms. The molecule has 1 heterocycles. The van der Waals surface area contributed by atoms with E-state index < -0.39 is 0 Å². The fraction of sp³-hybridized carbons (Fsp3) is 0.533. The van der Waals surface area contributed by atoms with Gasteiger partial charge in [0, 0.05) is 6.54 Å². The predicted molar refractivity (Wildman–Crippen MR) is 80.0 cm³/mol. The molecule has 0 unspecified atom stereocenters. The van der Waals surface area contributed by atoms with Crippen LogP contribution in [0.3, 0.4) is 0 Å². The molecular formula is C15H20ClNO4. The van der Waals surface area contributed by atoms with Crippen LogP contribution in [0.1, 0.15) is 18.9 Å². The van der Waals surface area contributed by atoms with Crippen LogP contribution in [0.15, 0.2) is 12.1 Å². The fourth-order valence-electron chi connectivity index (χ4n) is 2.29. The topological polar surface area (TPSA) is 48.0 Å². The van der Waals surface area contributed by atoms with Gasteiger partial charge in [0.05, 0.1) is 18.7 Å². The lowest BCUT2D eigenvalue weighted by Crippen LogP contribution is -2.31. The first-order chi connectivity index (χ1) is 10.1. The molecule has 0 saturated carbocycles. The van der Waals surface area contributed by atoms with Crippen molar-refractivity contribution in [3.05, 3.63) is 22.7 Å². The van der Waals surface area contributed by atoms with E-state index >= 15 is 0 Å². The van der Waals surface area contributed by atoms with E-state index in [1.165, 1.54) is 7.11 Å². The highest BCUT2D eigenvalue weighted by Gasteiger charge is 2.18. The molecule has 116 valence electrons. The van der Waals surface area contributed by atoms with Crippen LogP contribution in [0.5, 0.6) is 11.5 Å². The molecule has 0 radical (unpaired) electrons. The van der Waals surface area contributed by atoms with E-state index in [0.717, 1.165) is 18.5 Å². The summed E-state index contributed by atoms with van der Waals surface area (Å²) in [7, 11) is 1.40. The molecule has 0 fully saturated rings. The molecule has 0 aliphatic carbocycles. The minimum Gasteiger partial charge on any atom is -0.486 e. The predicted octanol–water partition coefficient (Wildman–Crippen LogP) is 2.50. The maximum atomic E-state index is 11.5. The van der Waals surface area contributed by atoms with Gasteiger partial charge in [-0.3, -0.25) is 9.69 Å². The van der Waals surface area contributed by atoms with Crippen molar-refractivity contribution in [1.82, 2.24) is 4.90 Å². The van der Waals surface area contributed by atoms with Crippen molar-refractivity contribution in [2.24, 2.45) is 0 Å². The lowest BCUT2D eigenvalue weighted by molar-refractivity contribution is -0.142. The van der Waals surface area contributed by atoms with Crippen LogP contribution in [0.2, 0.25) is 5.02 Å². The largest absolute Gasteiger partial charge is 0.486 e. The molecule has 1 aromatic rings. The van der Waals surface area contributed by atoms with Crippen molar-refractivity contribution in [2.75, 3.05) is 33.4 Å². The van der Waals surface area contributed by atoms with Crippen LogP contribution in [0.25, 0.3) is 0 Å². The van der Waals surface area contributed by atoms with Crippen LogP contribution < -0.4 is 9.47 Å². The third-order valence-corrected chi connectivity index (χ3v) is 3.46. The van der Waals surface area contributed by atoms with E-state index in [0.29, 0.717) is 36.3 Å². The van der Waals surface area contributed by atoms with Crippen molar-refractivity contribution in [1.29, 1.82) is 0 Å². The number of hydrogen-bond acceptors (Lipinski definition) is 5. The van der Waals surface area contributed by atoms with Crippen LogP contribution >= 0.6 is 11.6 Å². The maximum absolute atomic E-state index is 11.5. The number of carbonyl (C=O) groups is 1. The molecule has 1 aliphatic heterocycles. The minimum atomic E-state index is -0.243. The molecule has 0 amide bonds. The second kappa shape index (κ2) is 7.52. The van der Waals surface area contributed by atoms with Crippen LogP contribution in [0.4, 0.5) is 0 Å². The van der Waals surface area contributed by atoms with Crippen molar-refractivity contribution < 1.29 is 19.0 Å². The normalized spacial score (nSPS) is 13.3. The first-order valence-electron chi connectivity index (χ1n) is 7.01. The Bertz CT molecular complexity index is 507. The van der Waals surface area contributed by atoms with E-state index in [1.54, 1.807) is 0 Å². The van der Waals surface area contributed by atoms with Crippen LogP contribution in [0, 0.1) is 0 Å². The fourth-order valence-corrected chi connectivity index (χ4v) is 2.58. The minimum absolute atomic E-state index is 0.243. The first kappa shape index (κ1) is 15.9. The second-order valence-corrected chi connectivity index (χ2v) is 5.30. The number of esters is 1. The van der Waals surface area contributed by atoms with Gasteiger partial charge < -0.3 is 14.2 Å². The van der Waals surface area contributed by atoms with E-state index in [2.05, 4.69) is 6.92 Å². The Morgan fingerprint density at radius 1 is 1.38 bits per heavy atom. The summed E-state index contributed by atoms with van der Waals surface area (Å²) in [5.41, 5.74) is 0.988. The summed E-state index contributed by atoms with van der Waals surface area (Å²) >= 11 is 6.23. The van der Waals surface area contributed by atoms with Crippen molar-refractivity contribution >= 4 is 17.6 Å². The SMILES string of the molecule is CCCN(CC(=O)OC)Cc1cc(Cl)c2c(c1)OCCO2. The van der Waals surface area contributed by atoms with Crippen molar-refractivity contribution in [3.63, 3.8) is 0 Å². The van der Waals surface area contributed by atoms with E-state index in [1.807, 2.05) is 17.0 Å². The number of methoxy groups -OCH3 is 1. The van der Waals surface area contributed by atoms with Gasteiger partial charge >= 0.3 is 5.97 Å². The average molecular weight is 314 g/mol. The van der Waals surface area contributed by atoms with Gasteiger partial charge in [0.2, 0.25) is 0 Å². The van der Waals surface area contributed by atoms with Crippen molar-refractivity contribution in [2.45, 2.75) is 19.9 Å². The smallest absolute Gasteiger partial charge is 0.319 e. The van der Waals surface area contributed by atoms with Gasteiger partial charge in [-0.25, -0.2) is 0 Å². The molecule has 2 rings (SSSR count). The zero-order valence-corrected chi connectivity index (χ0v) is 13.1. The Morgan fingerprint density at radius 3 is 2.86 bits per heavy atom. The van der Waals surface area contributed by atoms with Gasteiger partial charge in [-0.2, -0.15) is 0 Å². The molecule has 21 heavy (non-hydrogen) atoms. The Morgan fingerprint density at radius 2 is 2.14 bits per heavy atom. The van der Waals surface area contributed by atoms with Gasteiger partial charge in [-0.15, -0.1) is 0 Å². The number of rotatable bonds is 6. The summed E-state index contributed by atoms with van der Waals surface area (Å²) in [6.07, 6.45) is 0.954. The van der Waals surface area contributed by atoms with Gasteiger partial charge in [0.15, 0.2) is 11.5 Å². The highest BCUT2D eigenvalue weighted by molar-refractivity contribution is 6.32. The summed E-state index contributed by atoms with van der Waals surface area (Å²) < 4.78 is 15.8. The van der Waals surface area contributed by atoms with Crippen molar-refractivity contribution in [3.8, 4) is 11.5 Å². The number of ether oxygens (including phenoxy) is 3. The van der Waals surface area contributed by atoms with Crippen LogP contribution in [-0.2, 0) is 16.1 Å². The van der Waals surface area contributed by atoms with E-state index in [9.17, 15) is 4.79 Å². The number of hydrogen-bond donors (Lipinski definition) is 0. The summed E-state index contributed by atoms with van der Waals surface area (Å²) in [5, 5.41) is 0.539. The molecule has 5 nitrogen and oxygen atoms in total. The standard InChI is InChI=1S/C15H20ClNO4/c1-3-4-17(10-14(18)19-2)9-11-7-12(16)15-13(8-11)20-5-6-21-15/h7-8H,3-6,9-10H2,1-2H3. The molecule has 1 aliphatic rings. The molecule has 0 saturated heterocycles. The molecule has 6 heteroatoms. The highest BCUT2D eigenvalue weighted by Crippen LogP contribution is 2.38. The number of halogens is 1. The number of fused-ring (bicyclic) bond motifs is 1. The second-order valence-electron chi connectivity index (χ2n) is 4.89. The average Bonchev–Trinajstić information content (AvgIpc) is 2.47. The molecule has 0 atom stereocenters. The summed E-state index contributed by atoms with van der Waals surface area (Å²) in [6.45, 7) is 4.78. The molecule has 1 aromatic carbocycles. The Labute approximate surface area is 129 Å². The lowest BCUT2D eigenvalue weighted by Gasteiger charge is -2.23. The Balaban J connectivity index is 2.12. The number of carbonyl (C=O) groups excluding carboxylic acids is 1. The van der Waals surface area contributed by atoms with E-state index in [-0.39, 0.29) is 12.5 Å². The summed E-state index contributed by atoms with van der Waals surface area (Å²) in [4.78, 5) is 13.5. The first-order valence-corrected chi connectivity index (χ1v) is 7.39. The number of benzene rings is 1. The molecular weight excluding hydrogens is 294 g/mol. The van der Waals surface area contributed by atoms with Gasteiger partial charge in [-0.1, -0.05) is 18.5 Å². The van der Waals surface area contributed by atoms with Crippen LogP contribution in [-0.4, -0.2) is 44.3 Å². The monoisotopic (exact) mass is 313 g/mol. The van der Waals surface area contributed by atoms with Gasteiger partial charge in [-0.05, 0) is 30.7 Å². The zero-order valence-electron chi connectivity index (χ0n) is 12.4. The summed E-state index contributed by atoms with van der Waals surface area (Å²) in [5.74, 6) is 1.02. The van der Waals surface area contributed by atoms with E-state index in [4.69, 9.17) is 25.8 Å². The number of nitrogens with zero attached hydrogens (tertiary/aromatic N) is 1. The molecule has 0 spiro atoms. The zero-order chi connectivity index (χ0) is 15.2. The molecule has 0 aromatic heterocycles. The quantitative estimate of drug-likeness (QED) is 0.755. The third-order valence-electron chi connectivity index (χ3n) is 3.18. The third kappa shape index (κ3) is 4.25. The highest BCUT2D eigenvalue weighted by atomic mass is 35.5. The molecule has 0 N–H and O–H groups in total. The van der Waals surface area contributed by atoms with Gasteiger partial charge in [0.1, 0.15) is 13.2 Å². The Hall–Kier alpha value is -1.46. The Kier molecular flexibility index (Phi) is 5.70. The lowest BCUT2D eigenvalue weighted by atomic mass is 10.1.